The summed E-state index contributed by atoms with van der Waals surface area (Å²) in [6.07, 6.45) is 2.68. The first-order valence-corrected chi connectivity index (χ1v) is 12.9. The third-order valence-electron chi connectivity index (χ3n) is 5.86. The van der Waals surface area contributed by atoms with Crippen LogP contribution in [0.1, 0.15) is 54.4 Å². The van der Waals surface area contributed by atoms with Crippen LogP contribution in [0.15, 0.2) is 39.2 Å². The molecule has 2 aliphatic carbocycles. The Morgan fingerprint density at radius 3 is 1.45 bits per heavy atom. The van der Waals surface area contributed by atoms with E-state index in [1.165, 1.54) is 24.9 Å². The summed E-state index contributed by atoms with van der Waals surface area (Å²) in [4.78, 5) is 0. The van der Waals surface area contributed by atoms with E-state index in [0.29, 0.717) is 0 Å². The Labute approximate surface area is 161 Å². The van der Waals surface area contributed by atoms with Gasteiger partial charge in [-0.25, -0.2) is 0 Å². The summed E-state index contributed by atoms with van der Waals surface area (Å²) in [5.41, 5.74) is 7.02. The van der Waals surface area contributed by atoms with Crippen molar-refractivity contribution < 1.29 is 48.0 Å². The maximum absolute atomic E-state index is 2.47. The van der Waals surface area contributed by atoms with Gasteiger partial charge in [0.15, 0.2) is 0 Å². The van der Waals surface area contributed by atoms with Gasteiger partial charge < -0.3 is 24.8 Å². The molecule has 0 saturated carbocycles. The van der Waals surface area contributed by atoms with E-state index in [0.717, 1.165) is 0 Å². The summed E-state index contributed by atoms with van der Waals surface area (Å²) in [5.74, 6) is 0. The number of hydrogen-bond donors (Lipinski definition) is 0. The zero-order valence-corrected chi connectivity index (χ0v) is 19.6. The van der Waals surface area contributed by atoms with Gasteiger partial charge in [0.25, 0.3) is 0 Å². The summed E-state index contributed by atoms with van der Waals surface area (Å²) >= 11 is -0.477. The first-order chi connectivity index (χ1) is 9.46. The molecule has 0 unspecified atom stereocenters. The standard InChI is InChI=1S/C18H26Si.2ClH.Zr/c1-7-19(8-2,17-13(3)9-10-14(17)4)18-15(5)11-12-16(18)6;;;/h7-9,11H2,1-6H3;2*1H;/q;;;+2/p-2. The molecule has 0 aromatic carbocycles. The Hall–Kier alpha value is 0.640. The monoisotopic (exact) mass is 430 g/mol. The van der Waals surface area contributed by atoms with Crippen LogP contribution < -0.4 is 24.8 Å². The molecule has 4 bridgehead atoms. The number of halogens is 2. The van der Waals surface area contributed by atoms with Crippen LogP contribution in [0.5, 0.6) is 0 Å². The average molecular weight is 433 g/mol. The molecule has 4 heteroatoms. The maximum Gasteiger partial charge on any atom is -1.00 e. The Morgan fingerprint density at radius 1 is 0.773 bits per heavy atom. The molecule has 0 atom stereocenters. The van der Waals surface area contributed by atoms with Gasteiger partial charge in [0, 0.05) is 0 Å². The van der Waals surface area contributed by atoms with Gasteiger partial charge >= 0.3 is 137 Å². The van der Waals surface area contributed by atoms with Crippen LogP contribution >= 0.6 is 0 Å². The fourth-order valence-corrected chi connectivity index (χ4v) is 15.5. The molecule has 1 aliphatic heterocycles. The zero-order chi connectivity index (χ0) is 14.7. The Kier molecular flexibility index (Phi) is 6.82. The molecule has 3 rings (SSSR count). The van der Waals surface area contributed by atoms with Gasteiger partial charge in [-0.3, -0.25) is 0 Å². The summed E-state index contributed by atoms with van der Waals surface area (Å²) in [7, 11) is -1.47. The van der Waals surface area contributed by atoms with Gasteiger partial charge in [-0.1, -0.05) is 0 Å². The van der Waals surface area contributed by atoms with E-state index < -0.39 is 31.3 Å². The Morgan fingerprint density at radius 2 is 1.14 bits per heavy atom. The fourth-order valence-electron chi connectivity index (χ4n) is 4.99. The number of rotatable bonds is 2. The molecule has 0 saturated heterocycles. The molecule has 0 radical (unpaired) electrons. The molecule has 120 valence electrons. The van der Waals surface area contributed by atoms with Crippen molar-refractivity contribution in [3.05, 3.63) is 39.2 Å². The van der Waals surface area contributed by atoms with Gasteiger partial charge in [0.05, 0.1) is 0 Å². The van der Waals surface area contributed by atoms with Crippen LogP contribution in [0.4, 0.5) is 0 Å². The molecular formula is C18H26Cl2SiZr. The molecule has 0 nitrogen and oxygen atoms in total. The summed E-state index contributed by atoms with van der Waals surface area (Å²) < 4.78 is 3.81. The van der Waals surface area contributed by atoms with Crippen molar-refractivity contribution in [3.8, 4) is 0 Å². The van der Waals surface area contributed by atoms with Gasteiger partial charge in [-0.05, 0) is 0 Å². The van der Waals surface area contributed by atoms with Crippen LogP contribution in [0.2, 0.25) is 12.1 Å². The molecule has 0 spiro atoms. The molecule has 3 aliphatic rings. The number of allylic oxidation sites excluding steroid dienone is 8. The van der Waals surface area contributed by atoms with Crippen LogP contribution in [-0.4, -0.2) is 8.07 Å². The fraction of sp³-hybridized carbons (Fsp3) is 0.556. The van der Waals surface area contributed by atoms with Crippen LogP contribution in [0.3, 0.4) is 0 Å². The van der Waals surface area contributed by atoms with Crippen molar-refractivity contribution in [3.63, 3.8) is 0 Å². The maximum atomic E-state index is 2.47. The van der Waals surface area contributed by atoms with E-state index in [4.69, 9.17) is 0 Å². The minimum atomic E-state index is -1.47. The largest absolute Gasteiger partial charge is 1.00 e. The first-order valence-electron chi connectivity index (χ1n) is 8.04. The van der Waals surface area contributed by atoms with Gasteiger partial charge in [-0.15, -0.1) is 0 Å². The van der Waals surface area contributed by atoms with E-state index >= 15 is 0 Å². The third kappa shape index (κ3) is 2.67. The van der Waals surface area contributed by atoms with E-state index in [9.17, 15) is 0 Å². The zero-order valence-electron chi connectivity index (χ0n) is 14.6. The molecule has 1 heterocycles. The quantitative estimate of drug-likeness (QED) is 0.523. The molecule has 0 fully saturated rings. The molecule has 0 aromatic rings. The van der Waals surface area contributed by atoms with Crippen molar-refractivity contribution in [2.45, 2.75) is 66.5 Å². The Bertz CT molecular complexity index is 569. The van der Waals surface area contributed by atoms with Gasteiger partial charge in [0.2, 0.25) is 0 Å². The first kappa shape index (κ1) is 20.7. The average Bonchev–Trinajstić information content (AvgIpc) is 2.86. The summed E-state index contributed by atoms with van der Waals surface area (Å²) in [5, 5.41) is 3.76. The van der Waals surface area contributed by atoms with E-state index in [-0.39, 0.29) is 24.8 Å². The van der Waals surface area contributed by atoms with E-state index in [1.807, 2.05) is 17.0 Å². The second-order valence-corrected chi connectivity index (χ2v) is 14.9. The third-order valence-corrected chi connectivity index (χ3v) is 16.0. The second-order valence-electron chi connectivity index (χ2n) is 6.79. The predicted molar refractivity (Wildman–Crippen MR) is 86.8 cm³/mol. The minimum Gasteiger partial charge on any atom is -1.00 e. The summed E-state index contributed by atoms with van der Waals surface area (Å²) in [6.45, 7) is 14.7. The second kappa shape index (κ2) is 7.26. The van der Waals surface area contributed by atoms with Gasteiger partial charge in [-0.2, -0.15) is 0 Å². The molecule has 0 N–H and O–H groups in total. The van der Waals surface area contributed by atoms with Crippen molar-refractivity contribution >= 4 is 8.07 Å². The predicted octanol–water partition coefficient (Wildman–Crippen LogP) is -0.354. The molecule has 0 amide bonds. The number of hydrogen-bond acceptors (Lipinski definition) is 0. The van der Waals surface area contributed by atoms with Crippen molar-refractivity contribution in [1.82, 2.24) is 0 Å². The van der Waals surface area contributed by atoms with E-state index in [2.05, 4.69) is 41.5 Å². The van der Waals surface area contributed by atoms with Crippen molar-refractivity contribution in [2.24, 2.45) is 0 Å². The van der Waals surface area contributed by atoms with E-state index in [1.54, 1.807) is 22.3 Å². The smallest absolute Gasteiger partial charge is 1.00 e. The molecule has 0 aromatic heterocycles. The topological polar surface area (TPSA) is 0 Å². The molecule has 22 heavy (non-hydrogen) atoms. The van der Waals surface area contributed by atoms with Crippen LogP contribution in [0, 0.1) is 0 Å². The van der Waals surface area contributed by atoms with Crippen LogP contribution in [-0.2, 0) is 23.2 Å². The van der Waals surface area contributed by atoms with Gasteiger partial charge in [0.1, 0.15) is 0 Å². The summed E-state index contributed by atoms with van der Waals surface area (Å²) in [6, 6.07) is 2.78. The van der Waals surface area contributed by atoms with Crippen molar-refractivity contribution in [1.29, 1.82) is 0 Å². The van der Waals surface area contributed by atoms with Crippen molar-refractivity contribution in [2.75, 3.05) is 0 Å². The van der Waals surface area contributed by atoms with Crippen LogP contribution in [0.25, 0.3) is 0 Å². The normalized spacial score (nSPS) is 21.9. The molecular weight excluding hydrogens is 406 g/mol. The Balaban J connectivity index is 0.00000121. The number of fused-ring (bicyclic) bond motifs is 2. The minimum absolute atomic E-state index is 0. The SMILES string of the molecule is CC[Si]1(CC)C2=C(C)C[C](=C2C)[Zr+2][C]2=C(C)C1=C(C)C2.[Cl-].[Cl-].